The first kappa shape index (κ1) is 51.6. The SMILES string of the molecule is CCCCC(CC)C(=O)O.OCC(O)CO.OCC(O)CO.OCC(O)CO.OCC(O)CO.OCC(O)CO. The minimum Gasteiger partial charge on any atom is -0.481 e. The zero-order chi connectivity index (χ0) is 32.9. The van der Waals surface area contributed by atoms with Gasteiger partial charge in [0.15, 0.2) is 0 Å². The Morgan fingerprint density at radius 2 is 0.675 bits per heavy atom. The number of hydrogen-bond donors (Lipinski definition) is 16. The molecule has 0 aliphatic rings. The van der Waals surface area contributed by atoms with Crippen molar-refractivity contribution >= 4 is 5.97 Å². The van der Waals surface area contributed by atoms with Crippen LogP contribution in [0, 0.1) is 5.92 Å². The normalized spacial score (nSPS) is 10.8. The number of hydrogen-bond acceptors (Lipinski definition) is 16. The lowest BCUT2D eigenvalue weighted by Gasteiger charge is -2.06. The third-order valence-corrected chi connectivity index (χ3v) is 3.86. The Hall–Kier alpha value is -1.13. The average Bonchev–Trinajstić information content (AvgIpc) is 3.00. The molecule has 40 heavy (non-hydrogen) atoms. The van der Waals surface area contributed by atoms with Crippen molar-refractivity contribution < 1.29 is 86.5 Å². The molecule has 0 fully saturated rings. The number of rotatable bonds is 15. The second-order valence-corrected chi connectivity index (χ2v) is 7.68. The van der Waals surface area contributed by atoms with Crippen molar-refractivity contribution in [3.05, 3.63) is 0 Å². The summed E-state index contributed by atoms with van der Waals surface area (Å²) in [5, 5.41) is 129. The summed E-state index contributed by atoms with van der Waals surface area (Å²) in [6, 6.07) is 0. The van der Waals surface area contributed by atoms with E-state index in [9.17, 15) is 4.79 Å². The lowest BCUT2D eigenvalue weighted by molar-refractivity contribution is -0.142. The van der Waals surface area contributed by atoms with Gasteiger partial charge in [0.05, 0.1) is 72.0 Å². The van der Waals surface area contributed by atoms with E-state index in [0.29, 0.717) is 0 Å². The van der Waals surface area contributed by atoms with Crippen molar-refractivity contribution in [2.45, 2.75) is 70.1 Å². The van der Waals surface area contributed by atoms with Crippen LogP contribution in [0.5, 0.6) is 0 Å². The Morgan fingerprint density at radius 3 is 0.750 bits per heavy atom. The molecule has 0 saturated carbocycles. The van der Waals surface area contributed by atoms with Crippen molar-refractivity contribution in [2.75, 3.05) is 66.1 Å². The van der Waals surface area contributed by atoms with Crippen LogP contribution in [0.25, 0.3) is 0 Å². The third-order valence-electron chi connectivity index (χ3n) is 3.86. The second-order valence-electron chi connectivity index (χ2n) is 7.68. The van der Waals surface area contributed by atoms with E-state index in [1.165, 1.54) is 0 Å². The Morgan fingerprint density at radius 1 is 0.475 bits per heavy atom. The van der Waals surface area contributed by atoms with Gasteiger partial charge in [-0.15, -0.1) is 0 Å². The van der Waals surface area contributed by atoms with Gasteiger partial charge in [-0.05, 0) is 12.8 Å². The first-order valence-corrected chi connectivity index (χ1v) is 12.5. The maximum atomic E-state index is 10.4. The molecule has 0 aromatic heterocycles. The molecule has 1 unspecified atom stereocenters. The van der Waals surface area contributed by atoms with Crippen LogP contribution in [0.2, 0.25) is 0 Å². The topological polar surface area (TPSA) is 341 Å². The predicted molar refractivity (Wildman–Crippen MR) is 142 cm³/mol. The predicted octanol–water partition coefficient (Wildman–Crippen LogP) is -6.05. The van der Waals surface area contributed by atoms with E-state index >= 15 is 0 Å². The van der Waals surface area contributed by atoms with Gasteiger partial charge in [0.25, 0.3) is 0 Å². The number of carbonyl (C=O) groups is 1. The molecule has 0 aliphatic carbocycles. The molecule has 17 heteroatoms. The van der Waals surface area contributed by atoms with Gasteiger partial charge >= 0.3 is 5.97 Å². The van der Waals surface area contributed by atoms with Gasteiger partial charge in [-0.1, -0.05) is 26.7 Å². The second kappa shape index (κ2) is 44.9. The van der Waals surface area contributed by atoms with E-state index in [1.807, 2.05) is 6.92 Å². The first-order valence-electron chi connectivity index (χ1n) is 12.5. The fourth-order valence-electron chi connectivity index (χ4n) is 1.24. The maximum Gasteiger partial charge on any atom is 0.306 e. The van der Waals surface area contributed by atoms with Gasteiger partial charge in [0, 0.05) is 0 Å². The van der Waals surface area contributed by atoms with Gasteiger partial charge in [0.1, 0.15) is 30.5 Å². The quantitative estimate of drug-likeness (QED) is 0.0826. The van der Waals surface area contributed by atoms with Gasteiger partial charge in [-0.3, -0.25) is 4.79 Å². The summed E-state index contributed by atoms with van der Waals surface area (Å²) in [4.78, 5) is 10.4. The van der Waals surface area contributed by atoms with E-state index in [4.69, 9.17) is 81.7 Å². The Bertz CT molecular complexity index is 356. The number of carboxylic acids is 1. The van der Waals surface area contributed by atoms with Crippen LogP contribution in [-0.2, 0) is 4.79 Å². The fourth-order valence-corrected chi connectivity index (χ4v) is 1.24. The summed E-state index contributed by atoms with van der Waals surface area (Å²) >= 11 is 0. The van der Waals surface area contributed by atoms with E-state index in [0.717, 1.165) is 25.7 Å². The molecule has 0 radical (unpaired) electrons. The van der Waals surface area contributed by atoms with Crippen molar-refractivity contribution in [3.8, 4) is 0 Å². The zero-order valence-electron chi connectivity index (χ0n) is 23.4. The van der Waals surface area contributed by atoms with Crippen molar-refractivity contribution in [2.24, 2.45) is 5.92 Å². The molecular formula is C23H56O17. The highest BCUT2D eigenvalue weighted by atomic mass is 16.4. The minimum atomic E-state index is -0.954. The number of aliphatic carboxylic acids is 1. The minimum absolute atomic E-state index is 0.111. The molecule has 250 valence electrons. The zero-order valence-corrected chi connectivity index (χ0v) is 23.4. The molecule has 0 rings (SSSR count). The van der Waals surface area contributed by atoms with Crippen LogP contribution < -0.4 is 0 Å². The van der Waals surface area contributed by atoms with Crippen molar-refractivity contribution in [3.63, 3.8) is 0 Å². The summed E-state index contributed by atoms with van der Waals surface area (Å²) in [6.07, 6.45) is -1.05. The molecule has 16 N–H and O–H groups in total. The van der Waals surface area contributed by atoms with Crippen LogP contribution >= 0.6 is 0 Å². The first-order chi connectivity index (χ1) is 18.8. The van der Waals surface area contributed by atoms with Gasteiger partial charge < -0.3 is 81.7 Å². The van der Waals surface area contributed by atoms with E-state index in [1.54, 1.807) is 0 Å². The Balaban J connectivity index is -0.0000000880. The van der Waals surface area contributed by atoms with Gasteiger partial charge in [0.2, 0.25) is 0 Å². The van der Waals surface area contributed by atoms with Gasteiger partial charge in [-0.25, -0.2) is 0 Å². The molecule has 17 nitrogen and oxygen atoms in total. The monoisotopic (exact) mass is 604 g/mol. The van der Waals surface area contributed by atoms with Crippen LogP contribution in [-0.4, -0.2) is 184 Å². The molecule has 0 saturated heterocycles. The van der Waals surface area contributed by atoms with E-state index < -0.39 is 36.5 Å². The molecule has 0 aliphatic heterocycles. The standard InChI is InChI=1S/C8H16O2.5C3H8O3/c1-3-5-6-7(4-2)8(9)10;5*4-1-3(6)2-5/h7H,3-6H2,1-2H3,(H,9,10);5*3-6H,1-2H2. The molecule has 0 bridgehead atoms. The summed E-state index contributed by atoms with van der Waals surface area (Å²) in [5.41, 5.74) is 0. The summed E-state index contributed by atoms with van der Waals surface area (Å²) < 4.78 is 0. The highest BCUT2D eigenvalue weighted by Gasteiger charge is 2.12. The largest absolute Gasteiger partial charge is 0.481 e. The lowest BCUT2D eigenvalue weighted by atomic mass is 10.00. The smallest absolute Gasteiger partial charge is 0.306 e. The molecule has 0 heterocycles. The molecular weight excluding hydrogens is 548 g/mol. The highest BCUT2D eigenvalue weighted by molar-refractivity contribution is 5.69. The van der Waals surface area contributed by atoms with Crippen LogP contribution in [0.3, 0.4) is 0 Å². The number of carboxylic acid groups (broad SMARTS) is 1. The molecule has 1 atom stereocenters. The lowest BCUT2D eigenvalue weighted by Crippen LogP contribution is -2.15. The van der Waals surface area contributed by atoms with Crippen molar-refractivity contribution in [1.29, 1.82) is 0 Å². The Kier molecular flexibility index (Phi) is 57.9. The number of unbranched alkanes of at least 4 members (excludes halogenated alkanes) is 1. The van der Waals surface area contributed by atoms with Crippen LogP contribution in [0.15, 0.2) is 0 Å². The van der Waals surface area contributed by atoms with Gasteiger partial charge in [-0.2, -0.15) is 0 Å². The average molecular weight is 605 g/mol. The van der Waals surface area contributed by atoms with Crippen molar-refractivity contribution in [1.82, 2.24) is 0 Å². The maximum absolute atomic E-state index is 10.4. The summed E-state index contributed by atoms with van der Waals surface area (Å²) in [6.45, 7) is 0.357. The molecule has 0 spiro atoms. The third kappa shape index (κ3) is 56.9. The van der Waals surface area contributed by atoms with Crippen LogP contribution in [0.1, 0.15) is 39.5 Å². The molecule has 0 aromatic carbocycles. The highest BCUT2D eigenvalue weighted by Crippen LogP contribution is 2.11. The molecule has 0 aromatic rings. The Labute approximate surface area is 235 Å². The summed E-state index contributed by atoms with van der Waals surface area (Å²) in [7, 11) is 0. The summed E-state index contributed by atoms with van der Waals surface area (Å²) in [5.74, 6) is -0.754. The number of aliphatic hydroxyl groups is 15. The fraction of sp³-hybridized carbons (Fsp3) is 0.957. The van der Waals surface area contributed by atoms with E-state index in [-0.39, 0.29) is 72.0 Å². The van der Waals surface area contributed by atoms with Crippen LogP contribution in [0.4, 0.5) is 0 Å². The molecule has 0 amide bonds. The number of aliphatic hydroxyl groups excluding tert-OH is 15. The van der Waals surface area contributed by atoms with E-state index in [2.05, 4.69) is 6.92 Å².